The number of ether oxygens (including phenoxy) is 2. The van der Waals surface area contributed by atoms with Gasteiger partial charge in [-0.2, -0.15) is 5.26 Å². The van der Waals surface area contributed by atoms with Crippen molar-refractivity contribution in [1.82, 2.24) is 10.2 Å². The molecule has 0 aliphatic carbocycles. The summed E-state index contributed by atoms with van der Waals surface area (Å²) in [4.78, 5) is 12.4. The number of carbonyl (C=O) groups is 1. The number of carbonyl (C=O) groups excluding carboxylic acids is 1. The van der Waals surface area contributed by atoms with Crippen molar-refractivity contribution in [3.8, 4) is 29.0 Å². The number of hydrogen-bond acceptors (Lipinski definition) is 6. The van der Waals surface area contributed by atoms with Crippen LogP contribution >= 0.6 is 0 Å². The van der Waals surface area contributed by atoms with Crippen LogP contribution in [0.4, 0.5) is 0 Å². The first kappa shape index (κ1) is 23.9. The minimum absolute atomic E-state index is 0.0184. The fraction of sp³-hybridized carbons (Fsp3) is 0.167. The highest BCUT2D eigenvalue weighted by atomic mass is 16.5. The number of nitrogens with zero attached hydrogens (tertiary/aromatic N) is 2. The number of rotatable bonds is 6. The maximum Gasteiger partial charge on any atom is 0.343 e. The molecular weight excluding hydrogens is 464 g/mol. The molecule has 7 heteroatoms. The van der Waals surface area contributed by atoms with Crippen LogP contribution in [0.2, 0.25) is 0 Å². The van der Waals surface area contributed by atoms with Gasteiger partial charge in [0.2, 0.25) is 11.8 Å². The molecule has 0 spiro atoms. The molecule has 1 aliphatic rings. The highest BCUT2D eigenvalue weighted by Crippen LogP contribution is 2.45. The van der Waals surface area contributed by atoms with Crippen LogP contribution in [-0.2, 0) is 6.42 Å². The van der Waals surface area contributed by atoms with E-state index in [1.54, 1.807) is 36.4 Å². The summed E-state index contributed by atoms with van der Waals surface area (Å²) in [5.41, 5.74) is 11.3. The number of allylic oxidation sites excluding steroid dienone is 1. The van der Waals surface area contributed by atoms with Crippen LogP contribution in [-0.4, -0.2) is 16.2 Å². The van der Waals surface area contributed by atoms with Gasteiger partial charge in [-0.3, -0.25) is 5.10 Å². The van der Waals surface area contributed by atoms with E-state index >= 15 is 0 Å². The van der Waals surface area contributed by atoms with Crippen molar-refractivity contribution < 1.29 is 14.3 Å². The van der Waals surface area contributed by atoms with Crippen molar-refractivity contribution in [3.05, 3.63) is 113 Å². The molecule has 184 valence electrons. The van der Waals surface area contributed by atoms with Gasteiger partial charge in [0.15, 0.2) is 0 Å². The number of benzene rings is 3. The van der Waals surface area contributed by atoms with E-state index in [0.29, 0.717) is 28.7 Å². The van der Waals surface area contributed by atoms with Crippen LogP contribution in [0.15, 0.2) is 90.3 Å². The van der Waals surface area contributed by atoms with Crippen molar-refractivity contribution in [2.75, 3.05) is 0 Å². The summed E-state index contributed by atoms with van der Waals surface area (Å²) in [6.07, 6.45) is 0.992. The van der Waals surface area contributed by atoms with Crippen molar-refractivity contribution >= 4 is 5.97 Å². The molecule has 3 N–H and O–H groups in total. The summed E-state index contributed by atoms with van der Waals surface area (Å²) in [6.45, 7) is 4.38. The van der Waals surface area contributed by atoms with Crippen LogP contribution in [0.25, 0.3) is 11.3 Å². The van der Waals surface area contributed by atoms with Gasteiger partial charge in [0.1, 0.15) is 17.4 Å². The Morgan fingerprint density at radius 3 is 2.43 bits per heavy atom. The quantitative estimate of drug-likeness (QED) is 0.264. The third-order valence-corrected chi connectivity index (χ3v) is 6.26. The molecule has 0 radical (unpaired) electrons. The summed E-state index contributed by atoms with van der Waals surface area (Å²) >= 11 is 0. The Labute approximate surface area is 215 Å². The van der Waals surface area contributed by atoms with Crippen molar-refractivity contribution in [2.45, 2.75) is 26.2 Å². The van der Waals surface area contributed by atoms with Crippen LogP contribution in [0.5, 0.6) is 11.6 Å². The topological polar surface area (TPSA) is 114 Å². The number of nitrogens with two attached hydrogens (primary N) is 1. The fourth-order valence-electron chi connectivity index (χ4n) is 4.55. The van der Waals surface area contributed by atoms with Gasteiger partial charge in [-0.15, -0.1) is 5.10 Å². The molecule has 0 saturated carbocycles. The van der Waals surface area contributed by atoms with Crippen molar-refractivity contribution in [3.63, 3.8) is 0 Å². The SMILES string of the molecule is CC(C)Cc1ccc(-c2[nH]nc3c2[C@H](c2ccc(OC(=O)c4ccccc4)cc2)C(C#N)=C(N)O3)cc1. The molecule has 0 fully saturated rings. The van der Waals surface area contributed by atoms with Crippen LogP contribution in [0, 0.1) is 17.2 Å². The molecule has 37 heavy (non-hydrogen) atoms. The number of nitriles is 1. The minimum atomic E-state index is -0.503. The van der Waals surface area contributed by atoms with Gasteiger partial charge in [-0.1, -0.05) is 68.4 Å². The maximum atomic E-state index is 12.4. The van der Waals surface area contributed by atoms with Crippen LogP contribution in [0.1, 0.15) is 46.8 Å². The third kappa shape index (κ3) is 4.82. The Morgan fingerprint density at radius 2 is 1.78 bits per heavy atom. The molecular formula is C30H26N4O3. The second-order valence-corrected chi connectivity index (χ2v) is 9.36. The molecule has 0 amide bonds. The lowest BCUT2D eigenvalue weighted by atomic mass is 9.83. The van der Waals surface area contributed by atoms with Crippen LogP contribution < -0.4 is 15.2 Å². The van der Waals surface area contributed by atoms with Gasteiger partial charge < -0.3 is 15.2 Å². The van der Waals surface area contributed by atoms with Crippen molar-refractivity contribution in [1.29, 1.82) is 5.26 Å². The molecule has 1 atom stereocenters. The van der Waals surface area contributed by atoms with Gasteiger partial charge >= 0.3 is 5.97 Å². The van der Waals surface area contributed by atoms with Gasteiger partial charge in [0.25, 0.3) is 0 Å². The number of aromatic nitrogens is 2. The van der Waals surface area contributed by atoms with E-state index in [4.69, 9.17) is 15.2 Å². The van der Waals surface area contributed by atoms with Crippen LogP contribution in [0.3, 0.4) is 0 Å². The smallest absolute Gasteiger partial charge is 0.343 e. The van der Waals surface area contributed by atoms with E-state index in [9.17, 15) is 10.1 Å². The van der Waals surface area contributed by atoms with E-state index in [-0.39, 0.29) is 5.88 Å². The lowest BCUT2D eigenvalue weighted by Gasteiger charge is -2.24. The van der Waals surface area contributed by atoms with Crippen molar-refractivity contribution in [2.24, 2.45) is 11.7 Å². The van der Waals surface area contributed by atoms with Gasteiger partial charge in [0, 0.05) is 5.56 Å². The Bertz CT molecular complexity index is 1500. The summed E-state index contributed by atoms with van der Waals surface area (Å²) < 4.78 is 11.2. The molecule has 1 aliphatic heterocycles. The number of esters is 1. The van der Waals surface area contributed by atoms with Gasteiger partial charge in [0.05, 0.1) is 22.7 Å². The van der Waals surface area contributed by atoms with E-state index in [0.717, 1.165) is 28.8 Å². The van der Waals surface area contributed by atoms with E-state index in [2.05, 4.69) is 42.2 Å². The molecule has 0 unspecified atom stereocenters. The summed E-state index contributed by atoms with van der Waals surface area (Å²) in [7, 11) is 0. The molecule has 5 rings (SSSR count). The van der Waals surface area contributed by atoms with E-state index in [1.807, 2.05) is 30.3 Å². The number of nitrogens with one attached hydrogen (secondary N) is 1. The average Bonchev–Trinajstić information content (AvgIpc) is 3.32. The number of fused-ring (bicyclic) bond motifs is 1. The fourth-order valence-corrected chi connectivity index (χ4v) is 4.55. The van der Waals surface area contributed by atoms with Gasteiger partial charge in [-0.05, 0) is 47.7 Å². The predicted molar refractivity (Wildman–Crippen MR) is 140 cm³/mol. The Hall–Kier alpha value is -4.83. The Morgan fingerprint density at radius 1 is 1.08 bits per heavy atom. The summed E-state index contributed by atoms with van der Waals surface area (Å²) in [6, 6.07) is 26.4. The molecule has 3 aromatic carbocycles. The monoisotopic (exact) mass is 490 g/mol. The van der Waals surface area contributed by atoms with E-state index < -0.39 is 11.9 Å². The lowest BCUT2D eigenvalue weighted by molar-refractivity contribution is 0.0734. The molecule has 0 bridgehead atoms. The van der Waals surface area contributed by atoms with E-state index in [1.165, 1.54) is 5.56 Å². The zero-order chi connectivity index (χ0) is 25.9. The molecule has 2 heterocycles. The second-order valence-electron chi connectivity index (χ2n) is 9.36. The Balaban J connectivity index is 1.48. The number of aromatic amines is 1. The first-order chi connectivity index (χ1) is 17.9. The summed E-state index contributed by atoms with van der Waals surface area (Å²) in [5, 5.41) is 17.4. The first-order valence-corrected chi connectivity index (χ1v) is 12.1. The second kappa shape index (κ2) is 10.0. The number of H-pyrrole nitrogens is 1. The standard InChI is InChI=1S/C30H26N4O3/c1-18(2)16-19-8-10-21(11-9-19)27-26-25(24(17-31)28(32)37-29(26)34-33-27)20-12-14-23(15-13-20)36-30(35)22-6-4-3-5-7-22/h3-15,18,25H,16,32H2,1-2H3,(H,33,34)/t25-/m1/s1. The zero-order valence-electron chi connectivity index (χ0n) is 20.6. The largest absolute Gasteiger partial charge is 0.423 e. The molecule has 7 nitrogen and oxygen atoms in total. The minimum Gasteiger partial charge on any atom is -0.423 e. The number of hydrogen-bond donors (Lipinski definition) is 2. The van der Waals surface area contributed by atoms with Gasteiger partial charge in [-0.25, -0.2) is 4.79 Å². The Kier molecular flexibility index (Phi) is 6.48. The highest BCUT2D eigenvalue weighted by molar-refractivity contribution is 5.91. The first-order valence-electron chi connectivity index (χ1n) is 12.1. The predicted octanol–water partition coefficient (Wildman–Crippen LogP) is 5.71. The maximum absolute atomic E-state index is 12.4. The third-order valence-electron chi connectivity index (χ3n) is 6.26. The summed E-state index contributed by atoms with van der Waals surface area (Å²) in [5.74, 6) is 0.365. The molecule has 1 aromatic heterocycles. The normalized spacial score (nSPS) is 14.6. The molecule has 0 saturated heterocycles. The molecule has 4 aromatic rings. The average molecular weight is 491 g/mol. The highest BCUT2D eigenvalue weighted by Gasteiger charge is 2.35. The lowest BCUT2D eigenvalue weighted by Crippen LogP contribution is -2.21. The zero-order valence-corrected chi connectivity index (χ0v) is 20.6.